The van der Waals surface area contributed by atoms with E-state index in [4.69, 9.17) is 0 Å². The largest absolute Gasteiger partial charge is 0.200 e. The van der Waals surface area contributed by atoms with Gasteiger partial charge in [0.25, 0.3) is 0 Å². The molecule has 302 valence electrons. The molecule has 0 nitrogen and oxygen atoms in total. The molecule has 0 fully saturated rings. The van der Waals surface area contributed by atoms with Gasteiger partial charge in [0, 0.05) is 5.56 Å². The Bertz CT molecular complexity index is 1270. The lowest BCUT2D eigenvalue weighted by atomic mass is 9.14. The van der Waals surface area contributed by atoms with Crippen LogP contribution in [0.1, 0.15) is 168 Å². The van der Waals surface area contributed by atoms with E-state index < -0.39 is 6.15 Å². The van der Waals surface area contributed by atoms with Crippen LogP contribution in [0.3, 0.4) is 0 Å². The highest BCUT2D eigenvalue weighted by Gasteiger charge is 2.28. The van der Waals surface area contributed by atoms with Gasteiger partial charge < -0.3 is 0 Å². The fraction of sp³-hybridized carbons (Fsp3) is 0.547. The van der Waals surface area contributed by atoms with Gasteiger partial charge in [0.15, 0.2) is 0 Å². The van der Waals surface area contributed by atoms with Gasteiger partial charge in [-0.2, -0.15) is 22.7 Å². The zero-order valence-electron chi connectivity index (χ0n) is 35.9. The summed E-state index contributed by atoms with van der Waals surface area (Å²) in [6.45, 7) is 6.90. The molecule has 0 unspecified atom stereocenters. The summed E-state index contributed by atoms with van der Waals surface area (Å²) in [7, 11) is 0.599. The normalized spacial score (nSPS) is 11.4. The molecule has 4 rings (SSSR count). The molecule has 0 amide bonds. The summed E-state index contributed by atoms with van der Waals surface area (Å²) in [4.78, 5) is 0. The minimum Gasteiger partial charge on any atom is -0.200 e. The van der Waals surface area contributed by atoms with Gasteiger partial charge in [0.05, 0.1) is 6.15 Å². The second kappa shape index (κ2) is 31.4. The van der Waals surface area contributed by atoms with Gasteiger partial charge in [0.2, 0.25) is 0 Å². The van der Waals surface area contributed by atoms with Crippen molar-refractivity contribution in [3.05, 3.63) is 127 Å². The maximum absolute atomic E-state index is 2.34. The lowest BCUT2D eigenvalue weighted by molar-refractivity contribution is 0.561. The van der Waals surface area contributed by atoms with Gasteiger partial charge in [-0.3, -0.25) is 0 Å². The molecule has 0 bridgehead atoms. The molecule has 0 saturated heterocycles. The Morgan fingerprint density at radius 3 is 0.945 bits per heavy atom. The summed E-state index contributed by atoms with van der Waals surface area (Å²) < 4.78 is 0. The summed E-state index contributed by atoms with van der Waals surface area (Å²) in [6.07, 6.45) is 31.8. The molecule has 0 aromatic heterocycles. The average molecular weight is 761 g/mol. The second-order valence-electron chi connectivity index (χ2n) is 16.4. The zero-order valence-corrected chi connectivity index (χ0v) is 36.7. The highest BCUT2D eigenvalue weighted by atomic mass is 32.2. The van der Waals surface area contributed by atoms with Crippen molar-refractivity contribution in [3.8, 4) is 0 Å². The Hall–Kier alpha value is -2.71. The van der Waals surface area contributed by atoms with E-state index >= 15 is 0 Å². The predicted molar refractivity (Wildman–Crippen MR) is 255 cm³/mol. The van der Waals surface area contributed by atoms with Crippen LogP contribution in [0.5, 0.6) is 0 Å². The first-order chi connectivity index (χ1) is 27.2. The molecular weight excluding hydrogens is 679 g/mol. The van der Waals surface area contributed by atoms with E-state index in [1.807, 2.05) is 0 Å². The molecule has 0 aliphatic rings. The SMILES string of the molecule is CCCCCCCCCCCC[S+](CCCCCCCCCCCC)Cc1ccccc1.CCCC[B-](c1ccccc1)(c1ccccc1)c1ccccc1. The number of benzene rings is 4. The van der Waals surface area contributed by atoms with Crippen molar-refractivity contribution >= 4 is 33.4 Å². The van der Waals surface area contributed by atoms with E-state index in [1.165, 1.54) is 181 Å². The Morgan fingerprint density at radius 2 is 0.618 bits per heavy atom. The lowest BCUT2D eigenvalue weighted by Gasteiger charge is -2.43. The Kier molecular flexibility index (Phi) is 26.6. The van der Waals surface area contributed by atoms with Crippen molar-refractivity contribution in [2.75, 3.05) is 11.5 Å². The summed E-state index contributed by atoms with van der Waals surface area (Å²) in [5.41, 5.74) is 5.89. The number of hydrogen-bond acceptors (Lipinski definition) is 0. The highest BCUT2D eigenvalue weighted by molar-refractivity contribution is 7.96. The van der Waals surface area contributed by atoms with Crippen LogP contribution in [-0.2, 0) is 16.6 Å². The molecule has 55 heavy (non-hydrogen) atoms. The zero-order chi connectivity index (χ0) is 38.9. The molecule has 0 saturated carbocycles. The van der Waals surface area contributed by atoms with E-state index in [9.17, 15) is 0 Å². The van der Waals surface area contributed by atoms with Crippen LogP contribution in [0.4, 0.5) is 0 Å². The third-order valence-corrected chi connectivity index (χ3v) is 14.4. The first kappa shape index (κ1) is 46.7. The second-order valence-corrected chi connectivity index (χ2v) is 18.8. The van der Waals surface area contributed by atoms with Crippen LogP contribution >= 0.6 is 0 Å². The van der Waals surface area contributed by atoms with Crippen LogP contribution in [0.2, 0.25) is 6.32 Å². The van der Waals surface area contributed by atoms with Crippen LogP contribution in [0, 0.1) is 0 Å². The maximum Gasteiger partial charge on any atom is 0.133 e. The van der Waals surface area contributed by atoms with E-state index in [1.54, 1.807) is 5.56 Å². The Morgan fingerprint density at radius 1 is 0.327 bits per heavy atom. The lowest BCUT2D eigenvalue weighted by Crippen LogP contribution is -2.66. The quantitative estimate of drug-likeness (QED) is 0.0282. The summed E-state index contributed by atoms with van der Waals surface area (Å²) >= 11 is 0. The molecule has 2 heteroatoms. The highest BCUT2D eigenvalue weighted by Crippen LogP contribution is 2.19. The van der Waals surface area contributed by atoms with Crippen molar-refractivity contribution in [1.29, 1.82) is 0 Å². The summed E-state index contributed by atoms with van der Waals surface area (Å²) in [6, 6.07) is 44.5. The van der Waals surface area contributed by atoms with Gasteiger partial charge in [-0.1, -0.05) is 258 Å². The summed E-state index contributed by atoms with van der Waals surface area (Å²) in [5.74, 6) is 4.28. The van der Waals surface area contributed by atoms with E-state index in [0.29, 0.717) is 10.9 Å². The number of hydrogen-bond donors (Lipinski definition) is 0. The van der Waals surface area contributed by atoms with Crippen molar-refractivity contribution in [2.24, 2.45) is 0 Å². The topological polar surface area (TPSA) is 0 Å². The standard InChI is InChI=1S/C31H57S.C22H24B/c1-3-5-7-9-11-13-15-17-19-24-28-32(30-31-26-22-21-23-27-31)29-25-20-18-16-14-12-10-8-6-4-2;1-2-3-19-23(20-13-7-4-8-14-20,21-15-9-5-10-16-21)22-17-11-6-12-18-22/h21-23,26-27H,3-20,24-25,28-30H2,1-2H3;4-18H,2-3,19H2,1H3/q+1;-1. The van der Waals surface area contributed by atoms with Gasteiger partial charge in [-0.05, 0) is 36.6 Å². The molecule has 0 aliphatic heterocycles. The van der Waals surface area contributed by atoms with Crippen LogP contribution in [-0.4, -0.2) is 17.7 Å². The fourth-order valence-electron chi connectivity index (χ4n) is 8.58. The Labute approximate surface area is 344 Å². The smallest absolute Gasteiger partial charge is 0.133 e. The van der Waals surface area contributed by atoms with Gasteiger partial charge in [-0.15, -0.1) is 0 Å². The van der Waals surface area contributed by atoms with E-state index in [0.717, 1.165) is 0 Å². The Balaban J connectivity index is 0.000000310. The minimum absolute atomic E-state index is 0.599. The third-order valence-electron chi connectivity index (χ3n) is 11.9. The van der Waals surface area contributed by atoms with Crippen molar-refractivity contribution in [1.82, 2.24) is 0 Å². The van der Waals surface area contributed by atoms with Crippen molar-refractivity contribution in [2.45, 2.75) is 174 Å². The maximum atomic E-state index is 2.34. The first-order valence-electron chi connectivity index (χ1n) is 23.3. The molecule has 0 atom stereocenters. The van der Waals surface area contributed by atoms with E-state index in [-0.39, 0.29) is 0 Å². The molecule has 0 heterocycles. The van der Waals surface area contributed by atoms with Crippen molar-refractivity contribution in [3.63, 3.8) is 0 Å². The molecule has 0 spiro atoms. The van der Waals surface area contributed by atoms with Crippen LogP contribution in [0.15, 0.2) is 121 Å². The third kappa shape index (κ3) is 19.3. The molecule has 4 aromatic carbocycles. The predicted octanol–water partition coefficient (Wildman–Crippen LogP) is 14.6. The van der Waals surface area contributed by atoms with Gasteiger partial charge >= 0.3 is 0 Å². The van der Waals surface area contributed by atoms with E-state index in [2.05, 4.69) is 142 Å². The average Bonchev–Trinajstić information content (AvgIpc) is 3.24. The number of unbranched alkanes of at least 4 members (excludes halogenated alkanes) is 19. The monoisotopic (exact) mass is 761 g/mol. The van der Waals surface area contributed by atoms with Gasteiger partial charge in [-0.25, -0.2) is 0 Å². The molecular formula is C53H81BS. The fourth-order valence-corrected chi connectivity index (χ4v) is 11.0. The molecule has 4 aromatic rings. The van der Waals surface area contributed by atoms with Crippen LogP contribution in [0.25, 0.3) is 0 Å². The molecule has 0 radical (unpaired) electrons. The van der Waals surface area contributed by atoms with Crippen LogP contribution < -0.4 is 16.4 Å². The van der Waals surface area contributed by atoms with Crippen molar-refractivity contribution < 1.29 is 0 Å². The first-order valence-corrected chi connectivity index (χ1v) is 25.0. The van der Waals surface area contributed by atoms with Gasteiger partial charge in [0.1, 0.15) is 17.3 Å². The number of rotatable bonds is 30. The molecule has 0 N–H and O–H groups in total. The molecule has 0 aliphatic carbocycles. The summed E-state index contributed by atoms with van der Waals surface area (Å²) in [5, 5.41) is 0. The minimum atomic E-state index is -0.913.